The molecule has 0 fully saturated rings. The normalized spacial score (nSPS) is 19.8. The minimum atomic E-state index is -0.720. The van der Waals surface area contributed by atoms with Crippen molar-refractivity contribution in [2.24, 2.45) is 0 Å². The first-order chi connectivity index (χ1) is 12.3. The second-order valence-electron chi connectivity index (χ2n) is 6.23. The summed E-state index contributed by atoms with van der Waals surface area (Å²) in [6.07, 6.45) is 1.78. The number of allylic oxidation sites excluding steroid dienone is 3. The highest BCUT2D eigenvalue weighted by Crippen LogP contribution is 2.43. The quantitative estimate of drug-likeness (QED) is 0.493. The number of nitro groups is 1. The van der Waals surface area contributed by atoms with E-state index < -0.39 is 16.8 Å². The van der Waals surface area contributed by atoms with Crippen molar-refractivity contribution >= 4 is 29.0 Å². The summed E-state index contributed by atoms with van der Waals surface area (Å²) in [5.41, 5.74) is 2.28. The van der Waals surface area contributed by atoms with Crippen LogP contribution in [0, 0.1) is 10.1 Å². The highest BCUT2D eigenvalue weighted by Gasteiger charge is 2.39. The second kappa shape index (κ2) is 6.92. The van der Waals surface area contributed by atoms with Gasteiger partial charge in [0.1, 0.15) is 5.02 Å². The lowest BCUT2D eigenvalue weighted by Gasteiger charge is -2.34. The van der Waals surface area contributed by atoms with Crippen LogP contribution in [-0.4, -0.2) is 23.8 Å². The van der Waals surface area contributed by atoms with Gasteiger partial charge in [0, 0.05) is 35.4 Å². The number of carbonyl (C=O) groups excluding carboxylic acids is 2. The molecule has 1 aliphatic carbocycles. The van der Waals surface area contributed by atoms with Gasteiger partial charge in [-0.05, 0) is 31.4 Å². The third-order valence-electron chi connectivity index (χ3n) is 4.68. The number of halogens is 1. The smallest absolute Gasteiger partial charge is 0.336 e. The monoisotopic (exact) mass is 376 g/mol. The number of nitro benzene ring substituents is 1. The molecule has 1 aromatic carbocycles. The third-order valence-corrected chi connectivity index (χ3v) is 5.00. The molecule has 0 amide bonds. The molecular formula is C18H17ClN2O5. The van der Waals surface area contributed by atoms with Gasteiger partial charge in [-0.2, -0.15) is 0 Å². The van der Waals surface area contributed by atoms with Crippen molar-refractivity contribution in [2.75, 3.05) is 7.11 Å². The number of benzene rings is 1. The number of Topliss-reactive ketones (excluding diaryl/α,β-unsaturated/α-hetero) is 1. The average Bonchev–Trinajstić information content (AvgIpc) is 2.60. The van der Waals surface area contributed by atoms with Crippen LogP contribution < -0.4 is 5.32 Å². The van der Waals surface area contributed by atoms with E-state index >= 15 is 0 Å². The number of hydrogen-bond donors (Lipinski definition) is 1. The maximum absolute atomic E-state index is 12.6. The predicted octanol–water partition coefficient (Wildman–Crippen LogP) is 3.39. The summed E-state index contributed by atoms with van der Waals surface area (Å²) in [5, 5.41) is 14.4. The Hall–Kier alpha value is -2.67. The van der Waals surface area contributed by atoms with E-state index in [4.69, 9.17) is 16.3 Å². The van der Waals surface area contributed by atoms with Gasteiger partial charge in [0.2, 0.25) is 0 Å². The maximum atomic E-state index is 12.6. The lowest BCUT2D eigenvalue weighted by Crippen LogP contribution is -2.34. The molecule has 0 radical (unpaired) electrons. The predicted molar refractivity (Wildman–Crippen MR) is 94.6 cm³/mol. The van der Waals surface area contributed by atoms with Crippen LogP contribution in [0.3, 0.4) is 0 Å². The summed E-state index contributed by atoms with van der Waals surface area (Å²) in [7, 11) is 1.26. The van der Waals surface area contributed by atoms with Crippen molar-refractivity contribution in [3.05, 3.63) is 61.4 Å². The van der Waals surface area contributed by atoms with Crippen LogP contribution in [0.1, 0.15) is 37.7 Å². The van der Waals surface area contributed by atoms with Crippen LogP contribution in [0.4, 0.5) is 5.69 Å². The summed E-state index contributed by atoms with van der Waals surface area (Å²) in [6, 6.07) is 4.34. The molecule has 1 aromatic rings. The van der Waals surface area contributed by atoms with Crippen molar-refractivity contribution in [3.8, 4) is 0 Å². The Bertz CT molecular complexity index is 888. The molecule has 0 aromatic heterocycles. The SMILES string of the molecule is COC(=O)C1=C(C)NC2=C(C(=O)CCC2)[C@@H]1c1ccc(Cl)c([N+](=O)[O-])c1. The Labute approximate surface area is 154 Å². The number of ether oxygens (including phenoxy) is 1. The van der Waals surface area contributed by atoms with Gasteiger partial charge >= 0.3 is 5.97 Å². The standard InChI is InChI=1S/C18H17ClN2O5/c1-9-15(18(23)26-2)16(17-12(20-9)4-3-5-14(17)22)10-6-7-11(19)13(8-10)21(24)25/h6-8,16,20H,3-5H2,1-2H3/t16-/m1/s1. The van der Waals surface area contributed by atoms with Gasteiger partial charge in [-0.25, -0.2) is 4.79 Å². The van der Waals surface area contributed by atoms with E-state index in [1.165, 1.54) is 19.2 Å². The van der Waals surface area contributed by atoms with E-state index in [1.54, 1.807) is 13.0 Å². The number of nitrogens with zero attached hydrogens (tertiary/aromatic N) is 1. The van der Waals surface area contributed by atoms with Crippen molar-refractivity contribution in [1.82, 2.24) is 5.32 Å². The Balaban J connectivity index is 2.24. The molecule has 0 unspecified atom stereocenters. The second-order valence-corrected chi connectivity index (χ2v) is 6.63. The van der Waals surface area contributed by atoms with Crippen molar-refractivity contribution in [2.45, 2.75) is 32.1 Å². The summed E-state index contributed by atoms with van der Waals surface area (Å²) in [6.45, 7) is 1.73. The van der Waals surface area contributed by atoms with Gasteiger partial charge in [-0.1, -0.05) is 17.7 Å². The molecule has 2 aliphatic rings. The molecule has 0 bridgehead atoms. The van der Waals surface area contributed by atoms with E-state index in [-0.39, 0.29) is 22.1 Å². The van der Waals surface area contributed by atoms with Gasteiger partial charge < -0.3 is 10.1 Å². The molecule has 1 aliphatic heterocycles. The minimum Gasteiger partial charge on any atom is -0.466 e. The number of carbonyl (C=O) groups is 2. The first-order valence-electron chi connectivity index (χ1n) is 8.11. The van der Waals surface area contributed by atoms with Crippen molar-refractivity contribution < 1.29 is 19.2 Å². The molecule has 3 rings (SSSR count). The molecule has 1 atom stereocenters. The number of rotatable bonds is 3. The minimum absolute atomic E-state index is 0.00261. The van der Waals surface area contributed by atoms with E-state index in [2.05, 4.69) is 5.32 Å². The largest absolute Gasteiger partial charge is 0.466 e. The van der Waals surface area contributed by atoms with Gasteiger partial charge in [-0.15, -0.1) is 0 Å². The molecule has 0 spiro atoms. The van der Waals surface area contributed by atoms with Gasteiger partial charge in [0.05, 0.1) is 17.6 Å². The van der Waals surface area contributed by atoms with E-state index in [9.17, 15) is 19.7 Å². The number of ketones is 1. The van der Waals surface area contributed by atoms with Crippen molar-refractivity contribution in [1.29, 1.82) is 0 Å². The van der Waals surface area contributed by atoms with Gasteiger partial charge in [0.25, 0.3) is 5.69 Å². The third kappa shape index (κ3) is 2.99. The van der Waals surface area contributed by atoms with E-state index in [0.717, 1.165) is 12.1 Å². The number of esters is 1. The fraction of sp³-hybridized carbons (Fsp3) is 0.333. The lowest BCUT2D eigenvalue weighted by molar-refractivity contribution is -0.384. The molecule has 1 N–H and O–H groups in total. The first kappa shape index (κ1) is 18.1. The zero-order chi connectivity index (χ0) is 19.0. The van der Waals surface area contributed by atoms with Crippen LogP contribution in [0.2, 0.25) is 5.02 Å². The number of dihydropyridines is 1. The van der Waals surface area contributed by atoms with Crippen LogP contribution in [0.25, 0.3) is 0 Å². The zero-order valence-corrected chi connectivity index (χ0v) is 15.1. The number of methoxy groups -OCH3 is 1. The summed E-state index contributed by atoms with van der Waals surface area (Å²) in [5.74, 6) is -1.37. The molecule has 1 heterocycles. The average molecular weight is 377 g/mol. The molecule has 26 heavy (non-hydrogen) atoms. The fourth-order valence-corrected chi connectivity index (χ4v) is 3.73. The highest BCUT2D eigenvalue weighted by atomic mass is 35.5. The Morgan fingerprint density at radius 1 is 1.38 bits per heavy atom. The molecule has 8 heteroatoms. The van der Waals surface area contributed by atoms with Crippen LogP contribution in [0.15, 0.2) is 40.7 Å². The summed E-state index contributed by atoms with van der Waals surface area (Å²) >= 11 is 5.91. The maximum Gasteiger partial charge on any atom is 0.336 e. The molecule has 136 valence electrons. The van der Waals surface area contributed by atoms with Crippen molar-refractivity contribution in [3.63, 3.8) is 0 Å². The van der Waals surface area contributed by atoms with E-state index in [0.29, 0.717) is 29.7 Å². The Kier molecular flexibility index (Phi) is 4.82. The van der Waals surface area contributed by atoms with Gasteiger partial charge in [-0.3, -0.25) is 14.9 Å². The topological polar surface area (TPSA) is 98.5 Å². The Morgan fingerprint density at radius 3 is 2.77 bits per heavy atom. The Morgan fingerprint density at radius 2 is 2.12 bits per heavy atom. The summed E-state index contributed by atoms with van der Waals surface area (Å²) in [4.78, 5) is 35.7. The van der Waals surface area contributed by atoms with Crippen LogP contribution in [0.5, 0.6) is 0 Å². The summed E-state index contributed by atoms with van der Waals surface area (Å²) < 4.78 is 4.90. The van der Waals surface area contributed by atoms with Crippen LogP contribution >= 0.6 is 11.6 Å². The molecule has 7 nitrogen and oxygen atoms in total. The molecule has 0 saturated carbocycles. The van der Waals surface area contributed by atoms with Gasteiger partial charge in [0.15, 0.2) is 5.78 Å². The number of hydrogen-bond acceptors (Lipinski definition) is 6. The zero-order valence-electron chi connectivity index (χ0n) is 14.3. The number of nitrogens with one attached hydrogen (secondary N) is 1. The molecular weight excluding hydrogens is 360 g/mol. The fourth-order valence-electron chi connectivity index (χ4n) is 3.55. The van der Waals surface area contributed by atoms with Crippen LogP contribution in [-0.2, 0) is 14.3 Å². The highest BCUT2D eigenvalue weighted by molar-refractivity contribution is 6.32. The molecule has 0 saturated heterocycles. The van der Waals surface area contributed by atoms with E-state index in [1.807, 2.05) is 0 Å². The first-order valence-corrected chi connectivity index (χ1v) is 8.49. The lowest BCUT2D eigenvalue weighted by atomic mass is 9.75.